The van der Waals surface area contributed by atoms with Crippen LogP contribution in [0, 0.1) is 0 Å². The molecule has 0 atom stereocenters. The molecule has 0 saturated heterocycles. The highest BCUT2D eigenvalue weighted by Gasteiger charge is 2.05. The third kappa shape index (κ3) is 3.55. The highest BCUT2D eigenvalue weighted by atomic mass is 16.5. The third-order valence-corrected chi connectivity index (χ3v) is 2.57. The molecule has 4 nitrogen and oxygen atoms in total. The van der Waals surface area contributed by atoms with Gasteiger partial charge in [-0.25, -0.2) is 0 Å². The van der Waals surface area contributed by atoms with E-state index in [4.69, 9.17) is 4.74 Å². The molecule has 4 heteroatoms. The molecule has 0 aromatic heterocycles. The van der Waals surface area contributed by atoms with Gasteiger partial charge in [0.05, 0.1) is 18.5 Å². The molecule has 19 heavy (non-hydrogen) atoms. The molecule has 0 saturated carbocycles. The Morgan fingerprint density at radius 1 is 1.11 bits per heavy atom. The Balaban J connectivity index is 2.10. The first-order valence-corrected chi connectivity index (χ1v) is 6.02. The van der Waals surface area contributed by atoms with Gasteiger partial charge in [0.2, 0.25) is 0 Å². The second kappa shape index (κ2) is 6.00. The molecule has 0 fully saturated rings. The van der Waals surface area contributed by atoms with Crippen molar-refractivity contribution in [3.63, 3.8) is 0 Å². The zero-order chi connectivity index (χ0) is 13.7. The number of allylic oxidation sites excluding steroid dienone is 3. The summed E-state index contributed by atoms with van der Waals surface area (Å²) in [5.41, 5.74) is 2.73. The number of rotatable bonds is 4. The molecule has 0 heterocycles. The third-order valence-electron chi connectivity index (χ3n) is 2.57. The summed E-state index contributed by atoms with van der Waals surface area (Å²) in [5, 5.41) is 8.49. The summed E-state index contributed by atoms with van der Waals surface area (Å²) < 4.78 is 5.10. The van der Waals surface area contributed by atoms with Gasteiger partial charge < -0.3 is 9.64 Å². The summed E-state index contributed by atoms with van der Waals surface area (Å²) in [6.45, 7) is 0. The summed E-state index contributed by atoms with van der Waals surface area (Å²) in [7, 11) is 5.61. The molecule has 2 rings (SSSR count). The zero-order valence-corrected chi connectivity index (χ0v) is 11.4. The largest absolute Gasteiger partial charge is 0.497 e. The maximum absolute atomic E-state index is 5.10. The molecule has 1 aromatic rings. The van der Waals surface area contributed by atoms with E-state index in [1.165, 1.54) is 0 Å². The molecule has 1 aromatic carbocycles. The van der Waals surface area contributed by atoms with Crippen LogP contribution in [0.25, 0.3) is 0 Å². The topological polar surface area (TPSA) is 37.2 Å². The summed E-state index contributed by atoms with van der Waals surface area (Å²) in [5.74, 6) is 0.814. The van der Waals surface area contributed by atoms with Gasteiger partial charge in [-0.15, -0.1) is 5.11 Å². The van der Waals surface area contributed by atoms with Gasteiger partial charge in [0.15, 0.2) is 0 Å². The predicted octanol–water partition coefficient (Wildman–Crippen LogP) is 3.68. The first kappa shape index (κ1) is 13.1. The lowest BCUT2D eigenvalue weighted by Crippen LogP contribution is -2.02. The smallest absolute Gasteiger partial charge is 0.119 e. The fourth-order valence-corrected chi connectivity index (χ4v) is 1.66. The van der Waals surface area contributed by atoms with Crippen LogP contribution in [-0.4, -0.2) is 26.1 Å². The lowest BCUT2D eigenvalue weighted by molar-refractivity contribution is 0.415. The lowest BCUT2D eigenvalue weighted by atomic mass is 10.2. The number of azo groups is 1. The van der Waals surface area contributed by atoms with Crippen LogP contribution in [0.2, 0.25) is 0 Å². The monoisotopic (exact) mass is 255 g/mol. The maximum Gasteiger partial charge on any atom is 0.119 e. The molecule has 0 aliphatic heterocycles. The van der Waals surface area contributed by atoms with Gasteiger partial charge in [0, 0.05) is 25.9 Å². The van der Waals surface area contributed by atoms with Crippen LogP contribution in [0.4, 0.5) is 5.69 Å². The Labute approximate surface area is 113 Å². The fraction of sp³-hybridized carbons (Fsp3) is 0.200. The number of nitrogens with zero attached hydrogens (tertiary/aromatic N) is 3. The molecule has 0 unspecified atom stereocenters. The first-order valence-electron chi connectivity index (χ1n) is 6.02. The van der Waals surface area contributed by atoms with E-state index < -0.39 is 0 Å². The van der Waals surface area contributed by atoms with E-state index >= 15 is 0 Å². The van der Waals surface area contributed by atoms with Gasteiger partial charge >= 0.3 is 0 Å². The van der Waals surface area contributed by atoms with Crippen LogP contribution in [0.15, 0.2) is 70.2 Å². The summed E-state index contributed by atoms with van der Waals surface area (Å²) in [4.78, 5) is 1.99. The van der Waals surface area contributed by atoms with E-state index in [-0.39, 0.29) is 0 Å². The van der Waals surface area contributed by atoms with Crippen molar-refractivity contribution in [2.45, 2.75) is 0 Å². The van der Waals surface area contributed by atoms with Crippen LogP contribution in [0.1, 0.15) is 0 Å². The second-order valence-corrected chi connectivity index (χ2v) is 4.36. The molecule has 0 bridgehead atoms. The fourth-order valence-electron chi connectivity index (χ4n) is 1.66. The van der Waals surface area contributed by atoms with Gasteiger partial charge in [-0.05, 0) is 30.3 Å². The summed E-state index contributed by atoms with van der Waals surface area (Å²) in [6, 6.07) is 7.49. The van der Waals surface area contributed by atoms with E-state index in [2.05, 4.69) is 10.2 Å². The van der Waals surface area contributed by atoms with Crippen molar-refractivity contribution in [2.75, 3.05) is 21.2 Å². The number of ether oxygens (including phenoxy) is 1. The van der Waals surface area contributed by atoms with Crippen molar-refractivity contribution in [3.8, 4) is 5.75 Å². The summed E-state index contributed by atoms with van der Waals surface area (Å²) in [6.07, 6.45) is 7.95. The molecule has 0 spiro atoms. The van der Waals surface area contributed by atoms with E-state index in [0.29, 0.717) is 0 Å². The lowest BCUT2D eigenvalue weighted by Gasteiger charge is -2.06. The summed E-state index contributed by atoms with van der Waals surface area (Å²) >= 11 is 0. The van der Waals surface area contributed by atoms with Crippen molar-refractivity contribution in [3.05, 3.63) is 60.0 Å². The molecule has 0 amide bonds. The Kier molecular flexibility index (Phi) is 4.13. The molecule has 1 aliphatic carbocycles. The van der Waals surface area contributed by atoms with E-state index in [1.807, 2.05) is 67.7 Å². The molecule has 98 valence electrons. The minimum absolute atomic E-state index is 0.804. The minimum Gasteiger partial charge on any atom is -0.497 e. The van der Waals surface area contributed by atoms with Crippen molar-refractivity contribution in [1.29, 1.82) is 0 Å². The average molecular weight is 255 g/mol. The van der Waals surface area contributed by atoms with Crippen LogP contribution in [0.5, 0.6) is 5.75 Å². The van der Waals surface area contributed by atoms with Gasteiger partial charge in [0.1, 0.15) is 5.75 Å². The number of benzene rings is 1. The molecule has 0 N–H and O–H groups in total. The standard InChI is InChI=1S/C15H17N3O/c1-18(2)11-12-5-4-6-15(12)17-16-13-7-9-14(19-3)10-8-13/h4-11H,1-3H3/b12-11+,17-16?. The first-order chi connectivity index (χ1) is 9.19. The minimum atomic E-state index is 0.804. The Bertz CT molecular complexity index is 551. The van der Waals surface area contributed by atoms with Crippen LogP contribution < -0.4 is 4.74 Å². The van der Waals surface area contributed by atoms with Gasteiger partial charge in [0.25, 0.3) is 0 Å². The molecule has 1 aliphatic rings. The number of hydrogen-bond donors (Lipinski definition) is 0. The van der Waals surface area contributed by atoms with Crippen molar-refractivity contribution in [2.24, 2.45) is 10.2 Å². The van der Waals surface area contributed by atoms with Crippen molar-refractivity contribution < 1.29 is 4.74 Å². The molecular weight excluding hydrogens is 238 g/mol. The Hall–Kier alpha value is -2.36. The van der Waals surface area contributed by atoms with E-state index in [0.717, 1.165) is 22.7 Å². The molecule has 0 radical (unpaired) electrons. The number of methoxy groups -OCH3 is 1. The van der Waals surface area contributed by atoms with Crippen LogP contribution in [0.3, 0.4) is 0 Å². The Morgan fingerprint density at radius 2 is 1.84 bits per heavy atom. The van der Waals surface area contributed by atoms with E-state index in [9.17, 15) is 0 Å². The van der Waals surface area contributed by atoms with Gasteiger partial charge in [-0.1, -0.05) is 12.2 Å². The quantitative estimate of drug-likeness (QED) is 0.770. The van der Waals surface area contributed by atoms with Crippen LogP contribution in [-0.2, 0) is 0 Å². The van der Waals surface area contributed by atoms with E-state index in [1.54, 1.807) is 7.11 Å². The predicted molar refractivity (Wildman–Crippen MR) is 76.5 cm³/mol. The van der Waals surface area contributed by atoms with Crippen molar-refractivity contribution >= 4 is 5.69 Å². The highest BCUT2D eigenvalue weighted by Crippen LogP contribution is 2.23. The SMILES string of the molecule is COc1ccc(N=NC2=CC=C/C2=C\N(C)C)cc1. The highest BCUT2D eigenvalue weighted by molar-refractivity contribution is 5.48. The Morgan fingerprint density at radius 3 is 2.47 bits per heavy atom. The van der Waals surface area contributed by atoms with Gasteiger partial charge in [-0.2, -0.15) is 5.11 Å². The number of hydrogen-bond acceptors (Lipinski definition) is 4. The van der Waals surface area contributed by atoms with Crippen molar-refractivity contribution in [1.82, 2.24) is 4.90 Å². The normalized spacial score (nSPS) is 16.2. The zero-order valence-electron chi connectivity index (χ0n) is 11.4. The maximum atomic E-state index is 5.10. The van der Waals surface area contributed by atoms with Gasteiger partial charge in [-0.3, -0.25) is 0 Å². The molecular formula is C15H17N3O. The average Bonchev–Trinajstić information content (AvgIpc) is 2.83. The van der Waals surface area contributed by atoms with Crippen LogP contribution >= 0.6 is 0 Å². The second-order valence-electron chi connectivity index (χ2n) is 4.36.